The van der Waals surface area contributed by atoms with Crippen LogP contribution >= 0.6 is 0 Å². The van der Waals surface area contributed by atoms with Crippen molar-refractivity contribution in [2.45, 2.75) is 77.0 Å². The molecule has 5 rings (SSSR count). The van der Waals surface area contributed by atoms with Gasteiger partial charge >= 0.3 is 0 Å². The Bertz CT molecular complexity index is 1280. The lowest BCUT2D eigenvalue weighted by Gasteiger charge is -2.38. The molecule has 0 radical (unpaired) electrons. The van der Waals surface area contributed by atoms with E-state index in [2.05, 4.69) is 13.5 Å². The molecule has 0 aliphatic heterocycles. The van der Waals surface area contributed by atoms with Crippen molar-refractivity contribution < 1.29 is 17.9 Å². The van der Waals surface area contributed by atoms with Crippen molar-refractivity contribution in [2.24, 2.45) is 17.8 Å². The maximum Gasteiger partial charge on any atom is 0.201 e. The van der Waals surface area contributed by atoms with E-state index < -0.39 is 11.6 Å². The number of rotatable bonds is 9. The third-order valence-corrected chi connectivity index (χ3v) is 9.40. The predicted molar refractivity (Wildman–Crippen MR) is 158 cm³/mol. The van der Waals surface area contributed by atoms with Gasteiger partial charge in [-0.05, 0) is 103 Å². The van der Waals surface area contributed by atoms with Gasteiger partial charge < -0.3 is 4.74 Å². The van der Waals surface area contributed by atoms with Crippen molar-refractivity contribution in [3.8, 4) is 28.0 Å². The fraction of sp³-hybridized carbons (Fsp3) is 0.444. The second-order valence-electron chi connectivity index (χ2n) is 11.8. The first-order valence-corrected chi connectivity index (χ1v) is 15.1. The lowest BCUT2D eigenvalue weighted by Crippen LogP contribution is -2.25. The van der Waals surface area contributed by atoms with Gasteiger partial charge in [0.1, 0.15) is 12.4 Å². The van der Waals surface area contributed by atoms with Crippen LogP contribution in [0.25, 0.3) is 22.3 Å². The average molecular weight is 547 g/mol. The van der Waals surface area contributed by atoms with Crippen LogP contribution in [0.4, 0.5) is 13.2 Å². The molecule has 2 aliphatic rings. The molecule has 0 amide bonds. The normalized spacial score (nSPS) is 23.1. The van der Waals surface area contributed by atoms with E-state index in [1.807, 2.05) is 24.3 Å². The summed E-state index contributed by atoms with van der Waals surface area (Å²) in [7, 11) is 0. The van der Waals surface area contributed by atoms with Gasteiger partial charge in [-0.2, -0.15) is 4.39 Å². The van der Waals surface area contributed by atoms with E-state index in [0.29, 0.717) is 11.5 Å². The molecule has 1 nitrogen and oxygen atoms in total. The summed E-state index contributed by atoms with van der Waals surface area (Å²) in [5, 5.41) is 0. The van der Waals surface area contributed by atoms with Gasteiger partial charge in [-0.15, -0.1) is 0 Å². The topological polar surface area (TPSA) is 9.23 Å². The van der Waals surface area contributed by atoms with Crippen LogP contribution in [0.1, 0.15) is 82.6 Å². The molecule has 0 saturated heterocycles. The molecule has 0 atom stereocenters. The molecule has 3 aromatic rings. The minimum atomic E-state index is -1.02. The van der Waals surface area contributed by atoms with Crippen molar-refractivity contribution >= 4 is 0 Å². The molecule has 2 aliphatic carbocycles. The molecule has 0 bridgehead atoms. The summed E-state index contributed by atoms with van der Waals surface area (Å²) in [5.41, 5.74) is 3.15. The summed E-state index contributed by atoms with van der Waals surface area (Å²) in [5.74, 6) is 0.662. The van der Waals surface area contributed by atoms with Gasteiger partial charge in [-0.1, -0.05) is 81.7 Å². The molecule has 2 fully saturated rings. The van der Waals surface area contributed by atoms with Gasteiger partial charge in [0.15, 0.2) is 11.6 Å². The van der Waals surface area contributed by atoms with Crippen LogP contribution in [0.3, 0.4) is 0 Å². The van der Waals surface area contributed by atoms with Crippen molar-refractivity contribution in [2.75, 3.05) is 6.61 Å². The predicted octanol–water partition coefficient (Wildman–Crippen LogP) is 10.9. The van der Waals surface area contributed by atoms with Crippen LogP contribution in [-0.2, 0) is 0 Å². The fourth-order valence-electron chi connectivity index (χ4n) is 7.15. The maximum absolute atomic E-state index is 15.3. The Morgan fingerprint density at radius 2 is 1.38 bits per heavy atom. The second kappa shape index (κ2) is 13.1. The van der Waals surface area contributed by atoms with Gasteiger partial charge in [0.2, 0.25) is 5.82 Å². The van der Waals surface area contributed by atoms with E-state index in [0.717, 1.165) is 47.3 Å². The Kier molecular flexibility index (Phi) is 9.34. The number of hydrogen-bond donors (Lipinski definition) is 0. The zero-order valence-corrected chi connectivity index (χ0v) is 23.6. The number of halogens is 3. The van der Waals surface area contributed by atoms with Crippen LogP contribution in [-0.4, -0.2) is 6.61 Å². The molecule has 3 aromatic carbocycles. The molecule has 0 heterocycles. The van der Waals surface area contributed by atoms with Crippen molar-refractivity contribution in [1.29, 1.82) is 0 Å². The van der Waals surface area contributed by atoms with Crippen LogP contribution < -0.4 is 4.74 Å². The third-order valence-electron chi connectivity index (χ3n) is 9.40. The Balaban J connectivity index is 1.21. The highest BCUT2D eigenvalue weighted by Gasteiger charge is 2.31. The molecule has 0 N–H and O–H groups in total. The standard InChI is InChI=1S/C36H41F3O/c1-3-5-24-6-8-25(9-7-24)26-10-14-28(15-11-26)31-19-18-30(23-33(31)37)27-12-16-29(17-13-27)32-20-21-34(40-22-4-2)36(39)35(32)38/h4,12-13,16-21,23-26,28H,2-3,5-11,14-15,22H2,1H3. The highest BCUT2D eigenvalue weighted by Crippen LogP contribution is 2.45. The third kappa shape index (κ3) is 6.32. The molecule has 0 unspecified atom stereocenters. The van der Waals surface area contributed by atoms with Crippen molar-refractivity contribution in [3.05, 3.63) is 90.3 Å². The lowest BCUT2D eigenvalue weighted by molar-refractivity contribution is 0.156. The SMILES string of the molecule is C=CCOc1ccc(-c2ccc(-c3ccc(C4CCC(C5CCC(CCC)CC5)CC4)c(F)c3)cc2)c(F)c1F. The molecule has 0 aromatic heterocycles. The number of hydrogen-bond acceptors (Lipinski definition) is 1. The molecular formula is C36H41F3O. The van der Waals surface area contributed by atoms with E-state index in [1.54, 1.807) is 18.2 Å². The van der Waals surface area contributed by atoms with E-state index >= 15 is 4.39 Å². The Morgan fingerprint density at radius 1 is 0.750 bits per heavy atom. The first-order chi connectivity index (χ1) is 19.5. The zero-order valence-electron chi connectivity index (χ0n) is 23.6. The second-order valence-corrected chi connectivity index (χ2v) is 11.8. The van der Waals surface area contributed by atoms with Gasteiger partial charge in [0.25, 0.3) is 0 Å². The van der Waals surface area contributed by atoms with Crippen LogP contribution in [0.2, 0.25) is 0 Å². The lowest BCUT2D eigenvalue weighted by atomic mass is 9.68. The molecule has 4 heteroatoms. The minimum Gasteiger partial charge on any atom is -0.486 e. The summed E-state index contributed by atoms with van der Waals surface area (Å²) >= 11 is 0. The van der Waals surface area contributed by atoms with Gasteiger partial charge in [-0.25, -0.2) is 8.78 Å². The number of ether oxygens (including phenoxy) is 1. The molecule has 212 valence electrons. The molecule has 2 saturated carbocycles. The van der Waals surface area contributed by atoms with Crippen LogP contribution in [0.15, 0.2) is 67.3 Å². The van der Waals surface area contributed by atoms with Gasteiger partial charge in [0, 0.05) is 5.56 Å². The van der Waals surface area contributed by atoms with E-state index in [1.165, 1.54) is 69.6 Å². The van der Waals surface area contributed by atoms with E-state index in [-0.39, 0.29) is 23.7 Å². The first kappa shape index (κ1) is 28.5. The van der Waals surface area contributed by atoms with E-state index in [4.69, 9.17) is 4.74 Å². The van der Waals surface area contributed by atoms with Gasteiger partial charge in [-0.3, -0.25) is 0 Å². The molecular weight excluding hydrogens is 505 g/mol. The number of benzene rings is 3. The fourth-order valence-corrected chi connectivity index (χ4v) is 7.15. The quantitative estimate of drug-likeness (QED) is 0.243. The maximum atomic E-state index is 15.3. The molecule has 0 spiro atoms. The highest BCUT2D eigenvalue weighted by atomic mass is 19.2. The van der Waals surface area contributed by atoms with Crippen molar-refractivity contribution in [1.82, 2.24) is 0 Å². The summed E-state index contributed by atoms with van der Waals surface area (Å²) in [6.07, 6.45) is 14.3. The van der Waals surface area contributed by atoms with Crippen molar-refractivity contribution in [3.63, 3.8) is 0 Å². The summed E-state index contributed by atoms with van der Waals surface area (Å²) in [4.78, 5) is 0. The Hall–Kier alpha value is -3.01. The summed E-state index contributed by atoms with van der Waals surface area (Å²) in [6.45, 7) is 5.91. The average Bonchev–Trinajstić information content (AvgIpc) is 2.99. The summed E-state index contributed by atoms with van der Waals surface area (Å²) in [6, 6.07) is 15.6. The first-order valence-electron chi connectivity index (χ1n) is 15.1. The van der Waals surface area contributed by atoms with Crippen LogP contribution in [0, 0.1) is 35.2 Å². The smallest absolute Gasteiger partial charge is 0.201 e. The largest absolute Gasteiger partial charge is 0.486 e. The van der Waals surface area contributed by atoms with Gasteiger partial charge in [0.05, 0.1) is 0 Å². The summed E-state index contributed by atoms with van der Waals surface area (Å²) < 4.78 is 49.7. The Labute approximate surface area is 237 Å². The monoisotopic (exact) mass is 546 g/mol. The van der Waals surface area contributed by atoms with E-state index in [9.17, 15) is 8.78 Å². The highest BCUT2D eigenvalue weighted by molar-refractivity contribution is 5.71. The molecule has 40 heavy (non-hydrogen) atoms. The zero-order chi connectivity index (χ0) is 28.1. The Morgan fingerprint density at radius 3 is 2.00 bits per heavy atom. The van der Waals surface area contributed by atoms with Crippen LogP contribution in [0.5, 0.6) is 5.75 Å². The minimum absolute atomic E-state index is 0.0982.